The van der Waals surface area contributed by atoms with Crippen molar-refractivity contribution in [3.8, 4) is 0 Å². The molecule has 0 aliphatic rings. The topological polar surface area (TPSA) is 77.1 Å². The van der Waals surface area contributed by atoms with Gasteiger partial charge in [0.15, 0.2) is 0 Å². The molecule has 4 aromatic rings. The van der Waals surface area contributed by atoms with Gasteiger partial charge in [-0.3, -0.25) is 14.2 Å². The molecule has 0 aliphatic carbocycles. The molecule has 0 radical (unpaired) electrons. The molecule has 0 fully saturated rings. The predicted octanol–water partition coefficient (Wildman–Crippen LogP) is 3.28. The molecule has 28 heavy (non-hydrogen) atoms. The van der Waals surface area contributed by atoms with Crippen LogP contribution in [0.4, 0.5) is 0 Å². The van der Waals surface area contributed by atoms with Crippen LogP contribution in [0.3, 0.4) is 0 Å². The number of nitrogens with one attached hydrogen (secondary N) is 1. The number of nitrogens with zero attached hydrogens (tertiary/aromatic N) is 2. The zero-order chi connectivity index (χ0) is 19.5. The lowest BCUT2D eigenvalue weighted by Crippen LogP contribution is -2.37. The normalized spacial score (nSPS) is 12.3. The summed E-state index contributed by atoms with van der Waals surface area (Å²) in [7, 11) is 0. The minimum atomic E-state index is -0.353. The predicted molar refractivity (Wildman–Crippen MR) is 108 cm³/mol. The summed E-state index contributed by atoms with van der Waals surface area (Å²) in [4.78, 5) is 29.4. The van der Waals surface area contributed by atoms with E-state index in [-0.39, 0.29) is 29.6 Å². The zero-order valence-corrected chi connectivity index (χ0v) is 15.6. The maximum atomic E-state index is 12.7. The lowest BCUT2D eigenvalue weighted by molar-refractivity contribution is -0.122. The van der Waals surface area contributed by atoms with E-state index in [9.17, 15) is 9.59 Å². The average Bonchev–Trinajstić information content (AvgIpc) is 3.09. The smallest absolute Gasteiger partial charge is 0.297 e. The van der Waals surface area contributed by atoms with Crippen LogP contribution in [0, 0.1) is 0 Å². The Morgan fingerprint density at radius 3 is 2.71 bits per heavy atom. The Morgan fingerprint density at radius 2 is 1.89 bits per heavy atom. The van der Waals surface area contributed by atoms with Gasteiger partial charge in [-0.2, -0.15) is 0 Å². The number of benzene rings is 2. The number of furan rings is 1. The SMILES string of the molecule is C[C@@H](CCc1ccccc1)NC(=O)Cn1cnc2c(oc3ccccc32)c1=O. The van der Waals surface area contributed by atoms with Gasteiger partial charge < -0.3 is 9.73 Å². The second kappa shape index (κ2) is 7.68. The minimum Gasteiger partial charge on any atom is -0.448 e. The molecule has 1 amide bonds. The van der Waals surface area contributed by atoms with Gasteiger partial charge in [0.1, 0.15) is 17.6 Å². The van der Waals surface area contributed by atoms with Gasteiger partial charge in [-0.1, -0.05) is 42.5 Å². The van der Waals surface area contributed by atoms with E-state index in [1.54, 1.807) is 6.07 Å². The fourth-order valence-electron chi connectivity index (χ4n) is 3.30. The highest BCUT2D eigenvalue weighted by atomic mass is 16.3. The Morgan fingerprint density at radius 1 is 1.14 bits per heavy atom. The van der Waals surface area contributed by atoms with E-state index in [1.807, 2.05) is 43.3 Å². The van der Waals surface area contributed by atoms with Crippen LogP contribution in [0.5, 0.6) is 0 Å². The van der Waals surface area contributed by atoms with Crippen LogP contribution in [-0.4, -0.2) is 21.5 Å². The lowest BCUT2D eigenvalue weighted by Gasteiger charge is -2.14. The van der Waals surface area contributed by atoms with E-state index in [0.717, 1.165) is 18.2 Å². The number of hydrogen-bond donors (Lipinski definition) is 1. The van der Waals surface area contributed by atoms with Crippen LogP contribution in [-0.2, 0) is 17.8 Å². The van der Waals surface area contributed by atoms with E-state index in [1.165, 1.54) is 16.5 Å². The first kappa shape index (κ1) is 18.0. The van der Waals surface area contributed by atoms with Crippen LogP contribution in [0.2, 0.25) is 0 Å². The highest BCUT2D eigenvalue weighted by Crippen LogP contribution is 2.23. The Labute approximate surface area is 161 Å². The highest BCUT2D eigenvalue weighted by molar-refractivity contribution is 6.01. The summed E-state index contributed by atoms with van der Waals surface area (Å²) in [6, 6.07) is 17.5. The molecule has 1 atom stereocenters. The van der Waals surface area contributed by atoms with Crippen molar-refractivity contribution in [1.29, 1.82) is 0 Å². The third-order valence-electron chi connectivity index (χ3n) is 4.78. The van der Waals surface area contributed by atoms with E-state index in [4.69, 9.17) is 4.42 Å². The second-order valence-electron chi connectivity index (χ2n) is 6.95. The Hall–Kier alpha value is -3.41. The van der Waals surface area contributed by atoms with Gasteiger partial charge in [0, 0.05) is 11.4 Å². The molecule has 0 unspecified atom stereocenters. The summed E-state index contributed by atoms with van der Waals surface area (Å²) in [6.07, 6.45) is 3.11. The van der Waals surface area contributed by atoms with Gasteiger partial charge in [-0.15, -0.1) is 0 Å². The molecule has 2 heterocycles. The van der Waals surface area contributed by atoms with Crippen molar-refractivity contribution < 1.29 is 9.21 Å². The maximum absolute atomic E-state index is 12.7. The number of aromatic nitrogens is 2. The van der Waals surface area contributed by atoms with Crippen molar-refractivity contribution in [2.24, 2.45) is 0 Å². The number of carbonyl (C=O) groups excluding carboxylic acids is 1. The molecule has 4 rings (SSSR count). The zero-order valence-electron chi connectivity index (χ0n) is 15.6. The van der Waals surface area contributed by atoms with Crippen molar-refractivity contribution >= 4 is 28.0 Å². The van der Waals surface area contributed by atoms with Crippen molar-refractivity contribution in [3.05, 3.63) is 76.8 Å². The fourth-order valence-corrected chi connectivity index (χ4v) is 3.30. The number of hydrogen-bond acceptors (Lipinski definition) is 4. The molecule has 2 aromatic carbocycles. The Kier molecular flexibility index (Phi) is 4.93. The molecule has 0 spiro atoms. The first-order valence-corrected chi connectivity index (χ1v) is 9.32. The number of para-hydroxylation sites is 1. The van der Waals surface area contributed by atoms with E-state index in [0.29, 0.717) is 11.1 Å². The van der Waals surface area contributed by atoms with Crippen molar-refractivity contribution in [1.82, 2.24) is 14.9 Å². The third kappa shape index (κ3) is 3.67. The number of rotatable bonds is 6. The molecular formula is C22H21N3O3. The summed E-state index contributed by atoms with van der Waals surface area (Å²) in [5, 5.41) is 3.74. The van der Waals surface area contributed by atoms with Gasteiger partial charge in [0.2, 0.25) is 11.5 Å². The minimum absolute atomic E-state index is 0.00583. The second-order valence-corrected chi connectivity index (χ2v) is 6.95. The van der Waals surface area contributed by atoms with E-state index >= 15 is 0 Å². The highest BCUT2D eigenvalue weighted by Gasteiger charge is 2.15. The van der Waals surface area contributed by atoms with Gasteiger partial charge in [-0.05, 0) is 37.5 Å². The fraction of sp³-hybridized carbons (Fsp3) is 0.227. The third-order valence-corrected chi connectivity index (χ3v) is 4.78. The first-order chi connectivity index (χ1) is 13.6. The summed E-state index contributed by atoms with van der Waals surface area (Å²) in [5.74, 6) is -0.222. The quantitative estimate of drug-likeness (QED) is 0.561. The molecule has 142 valence electrons. The standard InChI is InChI=1S/C22H21N3O3/c1-15(11-12-16-7-3-2-4-8-16)24-19(26)13-25-14-23-20-17-9-5-6-10-18(17)28-21(20)22(25)27/h2-10,14-15H,11-13H2,1H3,(H,24,26)/t15-/m0/s1. The first-order valence-electron chi connectivity index (χ1n) is 9.32. The van der Waals surface area contributed by atoms with E-state index in [2.05, 4.69) is 22.4 Å². The van der Waals surface area contributed by atoms with E-state index < -0.39 is 0 Å². The maximum Gasteiger partial charge on any atom is 0.297 e. The van der Waals surface area contributed by atoms with Crippen LogP contribution in [0.15, 0.2) is 70.1 Å². The van der Waals surface area contributed by atoms with Gasteiger partial charge in [0.25, 0.3) is 5.56 Å². The molecule has 0 saturated heterocycles. The summed E-state index contributed by atoms with van der Waals surface area (Å²) >= 11 is 0. The van der Waals surface area contributed by atoms with Crippen molar-refractivity contribution in [3.63, 3.8) is 0 Å². The number of carbonyl (C=O) groups is 1. The van der Waals surface area contributed by atoms with Crippen molar-refractivity contribution in [2.45, 2.75) is 32.4 Å². The Balaban J connectivity index is 1.44. The molecule has 0 aliphatic heterocycles. The summed E-state index contributed by atoms with van der Waals surface area (Å²) < 4.78 is 6.93. The summed E-state index contributed by atoms with van der Waals surface area (Å²) in [5.41, 5.74) is 2.19. The lowest BCUT2D eigenvalue weighted by atomic mass is 10.1. The van der Waals surface area contributed by atoms with Crippen LogP contribution >= 0.6 is 0 Å². The molecule has 0 bridgehead atoms. The van der Waals surface area contributed by atoms with Crippen LogP contribution in [0.25, 0.3) is 22.1 Å². The molecule has 1 N–H and O–H groups in total. The molecule has 0 saturated carbocycles. The number of fused-ring (bicyclic) bond motifs is 3. The van der Waals surface area contributed by atoms with Crippen LogP contribution < -0.4 is 10.9 Å². The van der Waals surface area contributed by atoms with Crippen molar-refractivity contribution in [2.75, 3.05) is 0 Å². The van der Waals surface area contributed by atoms with Gasteiger partial charge in [0.05, 0.1) is 6.33 Å². The largest absolute Gasteiger partial charge is 0.448 e. The van der Waals surface area contributed by atoms with Gasteiger partial charge >= 0.3 is 0 Å². The molecule has 2 aromatic heterocycles. The molecule has 6 heteroatoms. The number of amides is 1. The van der Waals surface area contributed by atoms with Gasteiger partial charge in [-0.25, -0.2) is 4.98 Å². The monoisotopic (exact) mass is 375 g/mol. The summed E-state index contributed by atoms with van der Waals surface area (Å²) in [6.45, 7) is 1.87. The molecular weight excluding hydrogens is 354 g/mol. The number of aryl methyl sites for hydroxylation is 1. The molecule has 6 nitrogen and oxygen atoms in total. The Bertz CT molecular complexity index is 1180. The van der Waals surface area contributed by atoms with Crippen LogP contribution in [0.1, 0.15) is 18.9 Å². The average molecular weight is 375 g/mol.